The average Bonchev–Trinajstić information content (AvgIpc) is 3.46. The molecule has 0 aliphatic carbocycles. The Bertz CT molecular complexity index is 1310. The summed E-state index contributed by atoms with van der Waals surface area (Å²) in [5, 5.41) is 3.59. The number of sulfonamides is 1. The number of methoxy groups -OCH3 is 1. The van der Waals surface area contributed by atoms with E-state index in [2.05, 4.69) is 5.32 Å². The maximum atomic E-state index is 13.5. The molecule has 2 aromatic carbocycles. The molecule has 3 heterocycles. The Hall–Kier alpha value is -2.79. The van der Waals surface area contributed by atoms with Crippen molar-refractivity contribution in [2.24, 2.45) is 0 Å². The number of hydrogen-bond donors (Lipinski definition) is 1. The van der Waals surface area contributed by atoms with Gasteiger partial charge in [0.05, 0.1) is 17.9 Å². The van der Waals surface area contributed by atoms with Gasteiger partial charge in [-0.3, -0.25) is 4.79 Å². The minimum Gasteiger partial charge on any atom is -0.497 e. The Kier molecular flexibility index (Phi) is 6.86. The largest absolute Gasteiger partial charge is 0.497 e. The lowest BCUT2D eigenvalue weighted by Crippen LogP contribution is -2.40. The van der Waals surface area contributed by atoms with Gasteiger partial charge in [0.25, 0.3) is 0 Å². The van der Waals surface area contributed by atoms with Gasteiger partial charge in [-0.2, -0.15) is 4.31 Å². The number of amides is 1. The Labute approximate surface area is 215 Å². The van der Waals surface area contributed by atoms with E-state index in [4.69, 9.17) is 25.8 Å². The van der Waals surface area contributed by atoms with Crippen LogP contribution in [0.15, 0.2) is 52.4 Å². The van der Waals surface area contributed by atoms with Gasteiger partial charge in [-0.15, -0.1) is 0 Å². The second kappa shape index (κ2) is 9.93. The summed E-state index contributed by atoms with van der Waals surface area (Å²) in [6.45, 7) is 2.59. The number of hydrogen-bond acceptors (Lipinski definition) is 7. The lowest BCUT2D eigenvalue weighted by Gasteiger charge is -2.27. The van der Waals surface area contributed by atoms with Gasteiger partial charge in [0.1, 0.15) is 19.0 Å². The Morgan fingerprint density at radius 2 is 1.75 bits per heavy atom. The molecule has 3 aliphatic heterocycles. The first kappa shape index (κ1) is 24.9. The normalized spacial score (nSPS) is 18.4. The summed E-state index contributed by atoms with van der Waals surface area (Å²) in [4.78, 5) is 15.5. The SMILES string of the molecule is CNC[C@@H](C(=O)N1CC2=C(C1)CN(S(=O)(=O)c1ccc3c(c1)OCCO3)C2)c1cc(Cl)cc(OC)c1. The molecule has 0 fully saturated rings. The van der Waals surface area contributed by atoms with E-state index in [9.17, 15) is 13.2 Å². The van der Waals surface area contributed by atoms with Gasteiger partial charge in [0.2, 0.25) is 15.9 Å². The molecule has 0 bridgehead atoms. The fourth-order valence-corrected chi connectivity index (χ4v) is 6.56. The fraction of sp³-hybridized carbons (Fsp3) is 0.400. The number of carbonyl (C=O) groups excluding carboxylic acids is 1. The lowest BCUT2D eigenvalue weighted by molar-refractivity contribution is -0.131. The molecule has 0 unspecified atom stereocenters. The van der Waals surface area contributed by atoms with E-state index < -0.39 is 15.9 Å². The Morgan fingerprint density at radius 1 is 1.06 bits per heavy atom. The molecule has 0 saturated heterocycles. The summed E-state index contributed by atoms with van der Waals surface area (Å²) in [5.74, 6) is 1.09. The number of benzene rings is 2. The minimum atomic E-state index is -3.72. The van der Waals surface area contributed by atoms with Crippen LogP contribution < -0.4 is 19.5 Å². The number of nitrogens with one attached hydrogen (secondary N) is 1. The summed E-state index contributed by atoms with van der Waals surface area (Å²) in [6.07, 6.45) is 0. The lowest BCUT2D eigenvalue weighted by atomic mass is 9.97. The third-order valence-electron chi connectivity index (χ3n) is 6.70. The van der Waals surface area contributed by atoms with E-state index in [1.807, 2.05) is 6.07 Å². The van der Waals surface area contributed by atoms with Gasteiger partial charge >= 0.3 is 0 Å². The summed E-state index contributed by atoms with van der Waals surface area (Å²) < 4.78 is 44.5. The van der Waals surface area contributed by atoms with Crippen LogP contribution in [-0.2, 0) is 14.8 Å². The average molecular weight is 534 g/mol. The molecule has 0 saturated carbocycles. The van der Waals surface area contributed by atoms with Gasteiger partial charge in [-0.25, -0.2) is 8.42 Å². The highest BCUT2D eigenvalue weighted by molar-refractivity contribution is 7.89. The molecule has 9 nitrogen and oxygen atoms in total. The number of carbonyl (C=O) groups is 1. The fourth-order valence-electron chi connectivity index (χ4n) is 4.88. The maximum absolute atomic E-state index is 13.5. The molecular formula is C25H28ClN3O6S. The highest BCUT2D eigenvalue weighted by Gasteiger charge is 2.39. The zero-order chi connectivity index (χ0) is 25.4. The molecule has 1 atom stereocenters. The van der Waals surface area contributed by atoms with Crippen LogP contribution in [0.5, 0.6) is 17.2 Å². The van der Waals surface area contributed by atoms with Crippen LogP contribution in [0.1, 0.15) is 11.5 Å². The first-order valence-electron chi connectivity index (χ1n) is 11.7. The van der Waals surface area contributed by atoms with Crippen molar-refractivity contribution in [2.75, 3.05) is 60.1 Å². The zero-order valence-corrected chi connectivity index (χ0v) is 21.7. The van der Waals surface area contributed by atoms with Crippen molar-refractivity contribution in [3.63, 3.8) is 0 Å². The molecule has 5 rings (SSSR count). The van der Waals surface area contributed by atoms with Crippen molar-refractivity contribution in [2.45, 2.75) is 10.8 Å². The summed E-state index contributed by atoms with van der Waals surface area (Å²) in [7, 11) is -0.362. The van der Waals surface area contributed by atoms with Crippen LogP contribution >= 0.6 is 11.6 Å². The van der Waals surface area contributed by atoms with Crippen LogP contribution in [0, 0.1) is 0 Å². The standard InChI is InChI=1S/C25H28ClN3O6S/c1-27-11-22(16-7-19(26)9-20(8-16)33-2)25(30)28-12-17-14-29(15-18(17)13-28)36(31,32)21-3-4-23-24(10-21)35-6-5-34-23/h3-4,7-10,22,27H,5-6,11-15H2,1-2H3/t22-/m1/s1. The van der Waals surface area contributed by atoms with Crippen molar-refractivity contribution >= 4 is 27.5 Å². The van der Waals surface area contributed by atoms with Gasteiger partial charge in [-0.05, 0) is 54.1 Å². The third-order valence-corrected chi connectivity index (χ3v) is 8.70. The van der Waals surface area contributed by atoms with Crippen molar-refractivity contribution in [3.05, 3.63) is 58.1 Å². The smallest absolute Gasteiger partial charge is 0.243 e. The molecule has 0 aromatic heterocycles. The van der Waals surface area contributed by atoms with Gasteiger partial charge < -0.3 is 24.4 Å². The van der Waals surface area contributed by atoms with E-state index in [-0.39, 0.29) is 23.9 Å². The zero-order valence-electron chi connectivity index (χ0n) is 20.1. The predicted octanol–water partition coefficient (Wildman–Crippen LogP) is 2.27. The number of halogens is 1. The van der Waals surface area contributed by atoms with E-state index in [0.29, 0.717) is 55.1 Å². The number of ether oxygens (including phenoxy) is 3. The number of likely N-dealkylation sites (N-methyl/N-ethyl adjacent to an activating group) is 1. The molecule has 192 valence electrons. The summed E-state index contributed by atoms with van der Waals surface area (Å²) in [5.41, 5.74) is 2.71. The minimum absolute atomic E-state index is 0.0377. The molecule has 1 N–H and O–H groups in total. The van der Waals surface area contributed by atoms with Gasteiger partial charge in [-0.1, -0.05) is 11.6 Å². The maximum Gasteiger partial charge on any atom is 0.243 e. The van der Waals surface area contributed by atoms with Crippen LogP contribution in [0.4, 0.5) is 0 Å². The molecule has 0 radical (unpaired) electrons. The second-order valence-electron chi connectivity index (χ2n) is 9.01. The molecule has 11 heteroatoms. The highest BCUT2D eigenvalue weighted by atomic mass is 35.5. The predicted molar refractivity (Wildman–Crippen MR) is 134 cm³/mol. The number of nitrogens with zero attached hydrogens (tertiary/aromatic N) is 2. The number of rotatable bonds is 7. The van der Waals surface area contributed by atoms with Crippen LogP contribution in [0.25, 0.3) is 0 Å². The first-order valence-corrected chi connectivity index (χ1v) is 13.5. The Balaban J connectivity index is 1.28. The summed E-state index contributed by atoms with van der Waals surface area (Å²) in [6, 6.07) is 10.0. The van der Waals surface area contributed by atoms with Crippen LogP contribution in [0.3, 0.4) is 0 Å². The first-order chi connectivity index (χ1) is 17.3. The quantitative estimate of drug-likeness (QED) is 0.545. The van der Waals surface area contributed by atoms with Crippen molar-refractivity contribution in [1.82, 2.24) is 14.5 Å². The Morgan fingerprint density at radius 3 is 2.42 bits per heavy atom. The molecule has 0 spiro atoms. The second-order valence-corrected chi connectivity index (χ2v) is 11.4. The van der Waals surface area contributed by atoms with E-state index in [1.54, 1.807) is 43.3 Å². The van der Waals surface area contributed by atoms with Gasteiger partial charge in [0.15, 0.2) is 11.5 Å². The van der Waals surface area contributed by atoms with Crippen molar-refractivity contribution < 1.29 is 27.4 Å². The van der Waals surface area contributed by atoms with Crippen LogP contribution in [0.2, 0.25) is 5.02 Å². The van der Waals surface area contributed by atoms with E-state index >= 15 is 0 Å². The van der Waals surface area contributed by atoms with E-state index in [1.165, 1.54) is 10.4 Å². The third kappa shape index (κ3) is 4.66. The topological polar surface area (TPSA) is 97.4 Å². The van der Waals surface area contributed by atoms with E-state index in [0.717, 1.165) is 16.7 Å². The molecule has 36 heavy (non-hydrogen) atoms. The molecule has 1 amide bonds. The molecule has 2 aromatic rings. The molecule has 3 aliphatic rings. The van der Waals surface area contributed by atoms with Crippen LogP contribution in [-0.4, -0.2) is 83.6 Å². The van der Waals surface area contributed by atoms with Gasteiger partial charge in [0, 0.05) is 43.8 Å². The number of fused-ring (bicyclic) bond motifs is 1. The van der Waals surface area contributed by atoms with Crippen molar-refractivity contribution in [1.29, 1.82) is 0 Å². The van der Waals surface area contributed by atoms with Crippen molar-refractivity contribution in [3.8, 4) is 17.2 Å². The molecular weight excluding hydrogens is 506 g/mol. The summed E-state index contributed by atoms with van der Waals surface area (Å²) >= 11 is 6.25. The highest BCUT2D eigenvalue weighted by Crippen LogP contribution is 2.36. The monoisotopic (exact) mass is 533 g/mol.